The van der Waals surface area contributed by atoms with Crippen molar-refractivity contribution in [2.45, 2.75) is 309 Å². The number of esters is 1. The number of imidazole rings is 1. The quantitative estimate of drug-likeness (QED) is 0.0270. The van der Waals surface area contributed by atoms with Gasteiger partial charge in [0.05, 0.1) is 44.0 Å². The van der Waals surface area contributed by atoms with Gasteiger partial charge < -0.3 is 40.2 Å². The fourth-order valence-electron chi connectivity index (χ4n) is 10.1. The number of hydrogen-bond acceptors (Lipinski definition) is 11. The number of aliphatic hydroxyl groups excluding tert-OH is 4. The predicted molar refractivity (Wildman–Crippen MR) is 307 cm³/mol. The summed E-state index contributed by atoms with van der Waals surface area (Å²) in [5.41, 5.74) is 0.668. The lowest BCUT2D eigenvalue weighted by Crippen LogP contribution is -2.44. The van der Waals surface area contributed by atoms with E-state index in [1.54, 1.807) is 6.20 Å². The number of unbranched alkanes of at least 4 members (excludes halogenated alkanes) is 28. The number of amides is 1. The average Bonchev–Trinajstić information content (AvgIpc) is 3.90. The molecule has 436 valence electrons. The number of aromatic amines is 1. The third kappa shape index (κ3) is 43.8. The second kappa shape index (κ2) is 51.5. The van der Waals surface area contributed by atoms with Crippen molar-refractivity contribution in [1.29, 1.82) is 0 Å². The van der Waals surface area contributed by atoms with E-state index in [0.29, 0.717) is 57.8 Å². The van der Waals surface area contributed by atoms with Gasteiger partial charge in [-0.05, 0) is 38.5 Å². The van der Waals surface area contributed by atoms with Crippen molar-refractivity contribution in [3.05, 3.63) is 18.2 Å². The monoisotopic (exact) mass is 1050 g/mol. The normalized spacial score (nSPS) is 13.9. The number of rotatable bonds is 56. The first-order valence-corrected chi connectivity index (χ1v) is 31.4. The molecule has 0 spiro atoms. The Kier molecular flexibility index (Phi) is 48.5. The number of alkyl carbamates (subject to hydrolysis) is 1. The van der Waals surface area contributed by atoms with Gasteiger partial charge in [0.25, 0.3) is 0 Å². The number of aromatic nitrogens is 2. The van der Waals surface area contributed by atoms with Crippen molar-refractivity contribution in [1.82, 2.24) is 25.1 Å². The third-order valence-electron chi connectivity index (χ3n) is 14.7. The van der Waals surface area contributed by atoms with Crippen LogP contribution in [0.1, 0.15) is 277 Å². The first-order valence-electron chi connectivity index (χ1n) is 31.4. The number of ether oxygens (including phenoxy) is 2. The molecule has 0 aliphatic rings. The Hall–Kier alpha value is -2.29. The maximum Gasteiger partial charge on any atom is 0.407 e. The average molecular weight is 1050 g/mol. The molecular weight excluding hydrogens is 931 g/mol. The van der Waals surface area contributed by atoms with E-state index >= 15 is 0 Å². The molecule has 5 atom stereocenters. The molecule has 4 unspecified atom stereocenters. The summed E-state index contributed by atoms with van der Waals surface area (Å²) in [5, 5.41) is 47.0. The number of carbonyl (C=O) groups excluding carboxylic acids is 2. The molecule has 0 radical (unpaired) electrons. The molecule has 13 nitrogen and oxygen atoms in total. The lowest BCUT2D eigenvalue weighted by molar-refractivity contribution is -0.146. The Morgan fingerprint density at radius 2 is 0.784 bits per heavy atom. The van der Waals surface area contributed by atoms with Crippen LogP contribution in [0.3, 0.4) is 0 Å². The summed E-state index contributed by atoms with van der Waals surface area (Å²) in [6.07, 6.45) is 43.4. The third-order valence-corrected chi connectivity index (χ3v) is 14.7. The van der Waals surface area contributed by atoms with Crippen molar-refractivity contribution in [3.8, 4) is 0 Å². The van der Waals surface area contributed by atoms with Crippen molar-refractivity contribution in [2.75, 3.05) is 52.5 Å². The van der Waals surface area contributed by atoms with Crippen molar-refractivity contribution in [3.63, 3.8) is 0 Å². The van der Waals surface area contributed by atoms with Gasteiger partial charge in [-0.1, -0.05) is 233 Å². The van der Waals surface area contributed by atoms with Crippen LogP contribution in [0.2, 0.25) is 0 Å². The highest BCUT2D eigenvalue weighted by molar-refractivity contribution is 5.81. The smallest absolute Gasteiger partial charge is 0.407 e. The summed E-state index contributed by atoms with van der Waals surface area (Å²) in [4.78, 5) is 38.1. The highest BCUT2D eigenvalue weighted by atomic mass is 16.6. The van der Waals surface area contributed by atoms with Gasteiger partial charge in [-0.15, -0.1) is 0 Å². The van der Waals surface area contributed by atoms with E-state index in [1.165, 1.54) is 160 Å². The summed E-state index contributed by atoms with van der Waals surface area (Å²) >= 11 is 0. The van der Waals surface area contributed by atoms with Crippen molar-refractivity contribution < 1.29 is 39.5 Å². The minimum Gasteiger partial charge on any atom is -0.464 e. The van der Waals surface area contributed by atoms with E-state index < -0.39 is 42.5 Å². The summed E-state index contributed by atoms with van der Waals surface area (Å²) in [6, 6.07) is -1.00. The Morgan fingerprint density at radius 3 is 1.09 bits per heavy atom. The molecule has 0 aliphatic heterocycles. The molecule has 1 rings (SSSR count). The highest BCUT2D eigenvalue weighted by Gasteiger charge is 2.25. The molecule has 1 amide bonds. The van der Waals surface area contributed by atoms with E-state index in [9.17, 15) is 30.0 Å². The molecule has 74 heavy (non-hydrogen) atoms. The molecule has 0 fully saturated rings. The molecule has 1 aromatic heterocycles. The lowest BCUT2D eigenvalue weighted by Gasteiger charge is -2.27. The number of hydrogen-bond donors (Lipinski definition) is 6. The first-order chi connectivity index (χ1) is 36.1. The molecule has 13 heteroatoms. The number of nitrogens with zero attached hydrogens (tertiary/aromatic N) is 3. The summed E-state index contributed by atoms with van der Waals surface area (Å²) in [5.74, 6) is -0.574. The Bertz CT molecular complexity index is 1290. The minimum absolute atomic E-state index is 0.113. The number of H-pyrrole nitrogens is 1. The van der Waals surface area contributed by atoms with Gasteiger partial charge in [-0.3, -0.25) is 9.80 Å². The number of nitrogens with one attached hydrogen (secondary N) is 2. The van der Waals surface area contributed by atoms with Crippen LogP contribution < -0.4 is 5.32 Å². The molecule has 0 bridgehead atoms. The Labute approximate surface area is 454 Å². The molecule has 0 saturated carbocycles. The van der Waals surface area contributed by atoms with E-state index in [4.69, 9.17) is 9.47 Å². The second-order valence-electron chi connectivity index (χ2n) is 22.2. The Balaban J connectivity index is 2.76. The zero-order valence-corrected chi connectivity index (χ0v) is 48.5. The Morgan fingerprint density at radius 1 is 0.473 bits per heavy atom. The van der Waals surface area contributed by atoms with Crippen LogP contribution in [-0.4, -0.2) is 135 Å². The van der Waals surface area contributed by atoms with Crippen LogP contribution in [0.15, 0.2) is 12.5 Å². The van der Waals surface area contributed by atoms with E-state index in [0.717, 1.165) is 77.0 Å². The molecule has 1 aromatic rings. The lowest BCUT2D eigenvalue weighted by atomic mass is 10.0. The predicted octanol–water partition coefficient (Wildman–Crippen LogP) is 13.5. The van der Waals surface area contributed by atoms with E-state index in [2.05, 4.69) is 52.8 Å². The number of aliphatic hydroxyl groups is 4. The van der Waals surface area contributed by atoms with Crippen LogP contribution in [0.4, 0.5) is 4.79 Å². The van der Waals surface area contributed by atoms with Crippen molar-refractivity contribution >= 4 is 12.1 Å². The van der Waals surface area contributed by atoms with Crippen LogP contribution in [0, 0.1) is 0 Å². The summed E-state index contributed by atoms with van der Waals surface area (Å²) < 4.78 is 11.4. The first kappa shape index (κ1) is 69.7. The largest absolute Gasteiger partial charge is 0.464 e. The molecular formula is C61H119N5O8. The van der Waals surface area contributed by atoms with Gasteiger partial charge in [0, 0.05) is 57.6 Å². The van der Waals surface area contributed by atoms with Gasteiger partial charge in [0.1, 0.15) is 6.04 Å². The second-order valence-corrected chi connectivity index (χ2v) is 22.2. The van der Waals surface area contributed by atoms with E-state index in [-0.39, 0.29) is 19.6 Å². The molecule has 1 heterocycles. The summed E-state index contributed by atoms with van der Waals surface area (Å²) in [6.45, 7) is 12.2. The molecule has 6 N–H and O–H groups in total. The molecule has 0 saturated heterocycles. The van der Waals surface area contributed by atoms with Crippen LogP contribution in [0.25, 0.3) is 0 Å². The van der Waals surface area contributed by atoms with Crippen LogP contribution in [-0.2, 0) is 20.7 Å². The standard InChI is InChI=1S/C61H119N5O8/c1-5-9-13-17-21-25-29-33-39-55(67)49-65(50-56(68)40-34-30-26-22-18-14-10-6-2)43-37-45-73-60(71)59(47-54-48-62-53-63-54)64-61(72)74-46-38-44-66(51-57(69)41-35-31-27-23-19-15-11-7-3)52-58(70)42-36-32-28-24-20-16-12-8-4/h48,53,55-59,67-70H,5-47,49-52H2,1-4H3,(H,62,63)(H,64,72)/t55?,56?,57?,58?,59-/m0/s1. The SMILES string of the molecule is CCCCCCCCCCC(O)CN(CCCOC(=O)N[C@@H](Cc1cnc[nH]1)C(=O)OCCCN(CC(O)CCCCCCCCCC)CC(O)CCCCCCCCCC)CC(O)CCCCCCCCCC. The van der Waals surface area contributed by atoms with Crippen molar-refractivity contribution in [2.24, 2.45) is 0 Å². The zero-order chi connectivity index (χ0) is 54.0. The summed E-state index contributed by atoms with van der Waals surface area (Å²) in [7, 11) is 0. The van der Waals surface area contributed by atoms with Crippen LogP contribution >= 0.6 is 0 Å². The maximum atomic E-state index is 13.6. The molecule has 0 aromatic carbocycles. The van der Waals surface area contributed by atoms with Gasteiger partial charge in [0.15, 0.2) is 0 Å². The van der Waals surface area contributed by atoms with E-state index in [1.807, 2.05) is 0 Å². The van der Waals surface area contributed by atoms with Crippen LogP contribution in [0.5, 0.6) is 0 Å². The zero-order valence-electron chi connectivity index (χ0n) is 48.5. The van der Waals surface area contributed by atoms with Gasteiger partial charge in [0.2, 0.25) is 0 Å². The fourth-order valence-corrected chi connectivity index (χ4v) is 10.1. The minimum atomic E-state index is -1.00. The highest BCUT2D eigenvalue weighted by Crippen LogP contribution is 2.17. The maximum absolute atomic E-state index is 13.6. The topological polar surface area (TPSA) is 181 Å². The van der Waals surface area contributed by atoms with Gasteiger partial charge in [-0.25, -0.2) is 14.6 Å². The number of carbonyl (C=O) groups is 2. The van der Waals surface area contributed by atoms with Gasteiger partial charge >= 0.3 is 12.1 Å². The van der Waals surface area contributed by atoms with Gasteiger partial charge in [-0.2, -0.15) is 0 Å². The molecule has 0 aliphatic carbocycles. The fraction of sp³-hybridized carbons (Fsp3) is 0.918.